The fourth-order valence-corrected chi connectivity index (χ4v) is 3.09. The quantitative estimate of drug-likeness (QED) is 0.738. The molecule has 0 aliphatic heterocycles. The first-order valence-electron chi connectivity index (χ1n) is 6.27. The van der Waals surface area contributed by atoms with E-state index >= 15 is 0 Å². The number of hydrogen-bond donors (Lipinski definition) is 1. The zero-order chi connectivity index (χ0) is 13.4. The molecule has 1 N–H and O–H groups in total. The lowest BCUT2D eigenvalue weighted by atomic mass is 10.1. The summed E-state index contributed by atoms with van der Waals surface area (Å²) in [5.74, 6) is 0.321. The maximum Gasteiger partial charge on any atom is 0.307 e. The van der Waals surface area contributed by atoms with Gasteiger partial charge < -0.3 is 5.11 Å². The van der Waals surface area contributed by atoms with Crippen LogP contribution in [-0.4, -0.2) is 21.0 Å². The van der Waals surface area contributed by atoms with Crippen LogP contribution in [0.5, 0.6) is 0 Å². The van der Waals surface area contributed by atoms with E-state index in [0.717, 1.165) is 30.4 Å². The summed E-state index contributed by atoms with van der Waals surface area (Å²) in [6.45, 7) is 2.12. The Morgan fingerprint density at radius 3 is 2.50 bits per heavy atom. The maximum absolute atomic E-state index is 11.9. The number of hydrogen-bond acceptors (Lipinski definition) is 2. The average Bonchev–Trinajstić information content (AvgIpc) is 2.31. The van der Waals surface area contributed by atoms with Crippen LogP contribution >= 0.6 is 0 Å². The number of carboxylic acids is 1. The average molecular weight is 268 g/mol. The van der Waals surface area contributed by atoms with E-state index in [1.54, 1.807) is 6.07 Å². The predicted octanol–water partition coefficient (Wildman–Crippen LogP) is 2.75. The Labute approximate surface area is 111 Å². The molecule has 0 radical (unpaired) electrons. The number of unbranched alkanes of at least 4 members (excludes halogenated alkanes) is 2. The van der Waals surface area contributed by atoms with E-state index in [1.165, 1.54) is 0 Å². The Morgan fingerprint density at radius 1 is 1.22 bits per heavy atom. The van der Waals surface area contributed by atoms with Gasteiger partial charge in [-0.3, -0.25) is 9.00 Å². The highest BCUT2D eigenvalue weighted by atomic mass is 32.2. The lowest BCUT2D eigenvalue weighted by molar-refractivity contribution is -0.136. The van der Waals surface area contributed by atoms with Crippen LogP contribution in [0.15, 0.2) is 24.3 Å². The molecule has 0 aliphatic rings. The molecule has 0 aromatic heterocycles. The molecule has 18 heavy (non-hydrogen) atoms. The number of carbonyl (C=O) groups is 1. The SMILES string of the molecule is CCCCCS(=O)Cc1ccccc1CC(=O)O. The summed E-state index contributed by atoms with van der Waals surface area (Å²) in [6, 6.07) is 7.36. The molecule has 1 unspecified atom stereocenters. The highest BCUT2D eigenvalue weighted by Crippen LogP contribution is 2.13. The summed E-state index contributed by atoms with van der Waals surface area (Å²) in [6.07, 6.45) is 3.20. The molecule has 0 fully saturated rings. The molecule has 1 rings (SSSR count). The summed E-state index contributed by atoms with van der Waals surface area (Å²) >= 11 is 0. The first kappa shape index (κ1) is 14.9. The van der Waals surface area contributed by atoms with Crippen molar-refractivity contribution < 1.29 is 14.1 Å². The van der Waals surface area contributed by atoms with Gasteiger partial charge in [0.25, 0.3) is 0 Å². The van der Waals surface area contributed by atoms with Crippen molar-refractivity contribution >= 4 is 16.8 Å². The van der Waals surface area contributed by atoms with Crippen molar-refractivity contribution in [2.75, 3.05) is 5.75 Å². The van der Waals surface area contributed by atoms with Gasteiger partial charge in [-0.1, -0.05) is 44.0 Å². The zero-order valence-corrected chi connectivity index (χ0v) is 11.5. The Kier molecular flexibility index (Phi) is 6.65. The van der Waals surface area contributed by atoms with Gasteiger partial charge in [0.1, 0.15) is 0 Å². The molecule has 1 aromatic rings. The zero-order valence-electron chi connectivity index (χ0n) is 10.7. The molecule has 1 aromatic carbocycles. The van der Waals surface area contributed by atoms with Gasteiger partial charge in [0, 0.05) is 22.3 Å². The molecular weight excluding hydrogens is 248 g/mol. The van der Waals surface area contributed by atoms with E-state index in [9.17, 15) is 9.00 Å². The first-order chi connectivity index (χ1) is 8.63. The third-order valence-electron chi connectivity index (χ3n) is 2.75. The Bertz CT molecular complexity index is 415. The molecule has 3 nitrogen and oxygen atoms in total. The van der Waals surface area contributed by atoms with Gasteiger partial charge in [-0.25, -0.2) is 0 Å². The second kappa shape index (κ2) is 8.03. The Balaban J connectivity index is 2.60. The third-order valence-corrected chi connectivity index (χ3v) is 4.13. The molecule has 4 heteroatoms. The van der Waals surface area contributed by atoms with Crippen molar-refractivity contribution in [3.8, 4) is 0 Å². The van der Waals surface area contributed by atoms with Crippen molar-refractivity contribution in [3.05, 3.63) is 35.4 Å². The van der Waals surface area contributed by atoms with E-state index in [1.807, 2.05) is 18.2 Å². The van der Waals surface area contributed by atoms with Gasteiger partial charge in [0.15, 0.2) is 0 Å². The number of benzene rings is 1. The van der Waals surface area contributed by atoms with Crippen molar-refractivity contribution in [1.82, 2.24) is 0 Å². The van der Waals surface area contributed by atoms with E-state index in [0.29, 0.717) is 11.5 Å². The van der Waals surface area contributed by atoms with Crippen molar-refractivity contribution in [2.24, 2.45) is 0 Å². The molecule has 0 spiro atoms. The highest BCUT2D eigenvalue weighted by Gasteiger charge is 2.09. The van der Waals surface area contributed by atoms with Crippen LogP contribution < -0.4 is 0 Å². The van der Waals surface area contributed by atoms with Crippen molar-refractivity contribution in [2.45, 2.75) is 38.4 Å². The lowest BCUT2D eigenvalue weighted by Gasteiger charge is -2.07. The van der Waals surface area contributed by atoms with E-state index in [4.69, 9.17) is 5.11 Å². The van der Waals surface area contributed by atoms with E-state index in [2.05, 4.69) is 6.92 Å². The van der Waals surface area contributed by atoms with E-state index < -0.39 is 16.8 Å². The van der Waals surface area contributed by atoms with Gasteiger partial charge in [-0.2, -0.15) is 0 Å². The van der Waals surface area contributed by atoms with Crippen LogP contribution in [-0.2, 0) is 27.8 Å². The topological polar surface area (TPSA) is 54.4 Å². The summed E-state index contributed by atoms with van der Waals surface area (Å²) in [5, 5.41) is 8.82. The highest BCUT2D eigenvalue weighted by molar-refractivity contribution is 7.84. The largest absolute Gasteiger partial charge is 0.481 e. The summed E-state index contributed by atoms with van der Waals surface area (Å²) in [5.41, 5.74) is 1.67. The molecule has 0 amide bonds. The predicted molar refractivity (Wildman–Crippen MR) is 74.0 cm³/mol. The maximum atomic E-state index is 11.9. The van der Waals surface area contributed by atoms with Crippen LogP contribution in [0.2, 0.25) is 0 Å². The van der Waals surface area contributed by atoms with Crippen molar-refractivity contribution in [1.29, 1.82) is 0 Å². The van der Waals surface area contributed by atoms with Gasteiger partial charge >= 0.3 is 5.97 Å². The Morgan fingerprint density at radius 2 is 1.89 bits per heavy atom. The lowest BCUT2D eigenvalue weighted by Crippen LogP contribution is -2.07. The summed E-state index contributed by atoms with van der Waals surface area (Å²) in [7, 11) is -0.891. The van der Waals surface area contributed by atoms with Crippen LogP contribution in [0.3, 0.4) is 0 Å². The fraction of sp³-hybridized carbons (Fsp3) is 0.500. The molecular formula is C14H20O3S. The van der Waals surface area contributed by atoms with Gasteiger partial charge in [0.2, 0.25) is 0 Å². The Hall–Kier alpha value is -1.16. The molecule has 100 valence electrons. The monoisotopic (exact) mass is 268 g/mol. The minimum atomic E-state index is -0.891. The smallest absolute Gasteiger partial charge is 0.307 e. The molecule has 1 atom stereocenters. The van der Waals surface area contributed by atoms with E-state index in [-0.39, 0.29) is 6.42 Å². The molecule has 0 heterocycles. The fourth-order valence-electron chi connectivity index (χ4n) is 1.79. The van der Waals surface area contributed by atoms with Gasteiger partial charge in [0.05, 0.1) is 6.42 Å². The summed E-state index contributed by atoms with van der Waals surface area (Å²) < 4.78 is 11.9. The molecule has 0 saturated heterocycles. The number of carboxylic acid groups (broad SMARTS) is 1. The number of rotatable bonds is 8. The molecule has 0 saturated carbocycles. The normalized spacial score (nSPS) is 12.3. The standard InChI is InChI=1S/C14H20O3S/c1-2-3-6-9-18(17)11-13-8-5-4-7-12(13)10-14(15)16/h4-5,7-8H,2-3,6,9-11H2,1H3,(H,15,16). The minimum absolute atomic E-state index is 0.00231. The van der Waals surface area contributed by atoms with Crippen LogP contribution in [0.25, 0.3) is 0 Å². The van der Waals surface area contributed by atoms with Crippen LogP contribution in [0.1, 0.15) is 37.3 Å². The summed E-state index contributed by atoms with van der Waals surface area (Å²) in [4.78, 5) is 10.7. The second-order valence-corrected chi connectivity index (χ2v) is 5.91. The van der Waals surface area contributed by atoms with Crippen molar-refractivity contribution in [3.63, 3.8) is 0 Å². The third kappa shape index (κ3) is 5.45. The molecule has 0 aliphatic carbocycles. The molecule has 0 bridgehead atoms. The van der Waals surface area contributed by atoms with Crippen LogP contribution in [0.4, 0.5) is 0 Å². The minimum Gasteiger partial charge on any atom is -0.481 e. The number of aliphatic carboxylic acids is 1. The second-order valence-electron chi connectivity index (χ2n) is 4.33. The first-order valence-corrected chi connectivity index (χ1v) is 7.75. The van der Waals surface area contributed by atoms with Crippen LogP contribution in [0, 0.1) is 0 Å². The van der Waals surface area contributed by atoms with Gasteiger partial charge in [-0.05, 0) is 17.5 Å². The van der Waals surface area contributed by atoms with Gasteiger partial charge in [-0.15, -0.1) is 0 Å².